The number of benzene rings is 1. The van der Waals surface area contributed by atoms with Gasteiger partial charge in [-0.15, -0.1) is 0 Å². The van der Waals surface area contributed by atoms with Gasteiger partial charge < -0.3 is 9.15 Å². The summed E-state index contributed by atoms with van der Waals surface area (Å²) in [6.45, 7) is 1.99. The summed E-state index contributed by atoms with van der Waals surface area (Å²) in [5.41, 5.74) is 1.51. The Morgan fingerprint density at radius 1 is 1.36 bits per heavy atom. The van der Waals surface area contributed by atoms with E-state index in [0.717, 1.165) is 28.1 Å². The minimum Gasteiger partial charge on any atom is -0.490 e. The van der Waals surface area contributed by atoms with Crippen molar-refractivity contribution in [3.63, 3.8) is 0 Å². The lowest BCUT2D eigenvalue weighted by atomic mass is 10.2. The summed E-state index contributed by atoms with van der Waals surface area (Å²) >= 11 is 1.36. The maximum Gasteiger partial charge on any atom is 0.293 e. The van der Waals surface area contributed by atoms with Gasteiger partial charge in [0.1, 0.15) is 6.26 Å². The number of hydrogen-bond acceptors (Lipinski definition) is 6. The zero-order valence-electron chi connectivity index (χ0n) is 11.9. The van der Waals surface area contributed by atoms with E-state index in [-0.39, 0.29) is 11.5 Å². The molecule has 0 aliphatic rings. The highest BCUT2D eigenvalue weighted by molar-refractivity contribution is 7.22. The van der Waals surface area contributed by atoms with E-state index in [9.17, 15) is 9.59 Å². The molecular formula is C15H12N2O4S. The van der Waals surface area contributed by atoms with Crippen molar-refractivity contribution in [2.75, 3.05) is 12.4 Å². The summed E-state index contributed by atoms with van der Waals surface area (Å²) in [4.78, 5) is 28.0. The normalized spacial score (nSPS) is 10.6. The molecule has 0 saturated heterocycles. The van der Waals surface area contributed by atoms with Crippen LogP contribution in [0, 0.1) is 6.92 Å². The standard InChI is InChI=1S/C15H12N2O4S/c1-8-3-4-9-13(5-8)22-15(16-9)17-14(19)11-6-10(18)12(20-2)7-21-11/h3-7H,1-2H3,(H,16,17,19). The second-order valence-corrected chi connectivity index (χ2v) is 5.65. The molecule has 6 nitrogen and oxygen atoms in total. The van der Waals surface area contributed by atoms with Crippen LogP contribution >= 0.6 is 11.3 Å². The second-order valence-electron chi connectivity index (χ2n) is 4.62. The molecule has 0 aliphatic heterocycles. The van der Waals surface area contributed by atoms with Crippen molar-refractivity contribution in [2.45, 2.75) is 6.92 Å². The summed E-state index contributed by atoms with van der Waals surface area (Å²) in [6, 6.07) is 6.93. The van der Waals surface area contributed by atoms with Crippen LogP contribution in [0.15, 0.2) is 39.7 Å². The van der Waals surface area contributed by atoms with Crippen molar-refractivity contribution >= 4 is 32.6 Å². The first kappa shape index (κ1) is 14.3. The number of aromatic nitrogens is 1. The summed E-state index contributed by atoms with van der Waals surface area (Å²) in [5, 5.41) is 3.08. The van der Waals surface area contributed by atoms with E-state index < -0.39 is 11.3 Å². The molecule has 3 aromatic rings. The van der Waals surface area contributed by atoms with Crippen LogP contribution in [0.1, 0.15) is 16.1 Å². The maximum atomic E-state index is 12.1. The Kier molecular flexibility index (Phi) is 3.64. The van der Waals surface area contributed by atoms with Crippen LogP contribution in [0.25, 0.3) is 10.2 Å². The Morgan fingerprint density at radius 3 is 2.91 bits per heavy atom. The number of carbonyl (C=O) groups excluding carboxylic acids is 1. The Morgan fingerprint density at radius 2 is 2.18 bits per heavy atom. The molecule has 0 fully saturated rings. The number of aryl methyl sites for hydroxylation is 1. The molecule has 7 heteroatoms. The number of anilines is 1. The lowest BCUT2D eigenvalue weighted by Gasteiger charge is -2.01. The van der Waals surface area contributed by atoms with Crippen LogP contribution < -0.4 is 15.5 Å². The lowest BCUT2D eigenvalue weighted by Crippen LogP contribution is -2.15. The van der Waals surface area contributed by atoms with E-state index in [1.54, 1.807) is 0 Å². The van der Waals surface area contributed by atoms with Gasteiger partial charge in [0.15, 0.2) is 10.9 Å². The Bertz CT molecular complexity index is 913. The van der Waals surface area contributed by atoms with Crippen molar-refractivity contribution in [3.8, 4) is 5.75 Å². The average molecular weight is 316 g/mol. The van der Waals surface area contributed by atoms with E-state index in [4.69, 9.17) is 9.15 Å². The van der Waals surface area contributed by atoms with Crippen molar-refractivity contribution < 1.29 is 13.9 Å². The van der Waals surface area contributed by atoms with Gasteiger partial charge in [0.25, 0.3) is 5.91 Å². The number of methoxy groups -OCH3 is 1. The van der Waals surface area contributed by atoms with E-state index in [1.165, 1.54) is 18.4 Å². The van der Waals surface area contributed by atoms with Crippen LogP contribution in [-0.4, -0.2) is 18.0 Å². The molecule has 0 atom stereocenters. The average Bonchev–Trinajstić information content (AvgIpc) is 2.88. The highest BCUT2D eigenvalue weighted by Gasteiger charge is 2.14. The number of rotatable bonds is 3. The molecule has 1 amide bonds. The Labute approximate surface area is 129 Å². The van der Waals surface area contributed by atoms with Gasteiger partial charge in [0.2, 0.25) is 11.2 Å². The maximum absolute atomic E-state index is 12.1. The zero-order valence-corrected chi connectivity index (χ0v) is 12.7. The molecule has 112 valence electrons. The van der Waals surface area contributed by atoms with Crippen molar-refractivity contribution in [1.29, 1.82) is 0 Å². The first-order valence-corrected chi connectivity index (χ1v) is 7.24. The highest BCUT2D eigenvalue weighted by Crippen LogP contribution is 2.26. The molecule has 2 aromatic heterocycles. The summed E-state index contributed by atoms with van der Waals surface area (Å²) < 4.78 is 10.9. The third-order valence-electron chi connectivity index (χ3n) is 3.01. The molecule has 0 aliphatic carbocycles. The van der Waals surface area contributed by atoms with Crippen LogP contribution in [0.2, 0.25) is 0 Å². The van der Waals surface area contributed by atoms with E-state index in [2.05, 4.69) is 10.3 Å². The predicted molar refractivity (Wildman–Crippen MR) is 83.8 cm³/mol. The van der Waals surface area contributed by atoms with Gasteiger partial charge in [-0.3, -0.25) is 14.9 Å². The number of fused-ring (bicyclic) bond motifs is 1. The summed E-state index contributed by atoms with van der Waals surface area (Å²) in [6.07, 6.45) is 1.11. The van der Waals surface area contributed by atoms with Crippen molar-refractivity contribution in [3.05, 3.63) is 52.1 Å². The molecule has 2 heterocycles. The Hall–Kier alpha value is -2.67. The minimum absolute atomic E-state index is 0.0482. The molecular weight excluding hydrogens is 304 g/mol. The predicted octanol–water partition coefficient (Wildman–Crippen LogP) is 2.82. The van der Waals surface area contributed by atoms with Gasteiger partial charge in [-0.05, 0) is 24.6 Å². The molecule has 0 unspecified atom stereocenters. The lowest BCUT2D eigenvalue weighted by molar-refractivity contribution is 0.0993. The monoisotopic (exact) mass is 316 g/mol. The largest absolute Gasteiger partial charge is 0.490 e. The molecule has 0 bridgehead atoms. The topological polar surface area (TPSA) is 81.4 Å². The van der Waals surface area contributed by atoms with Crippen molar-refractivity contribution in [2.24, 2.45) is 0 Å². The van der Waals surface area contributed by atoms with Gasteiger partial charge in [-0.2, -0.15) is 0 Å². The fourth-order valence-electron chi connectivity index (χ4n) is 1.91. The fourth-order valence-corrected chi connectivity index (χ4v) is 2.87. The van der Waals surface area contributed by atoms with E-state index in [0.29, 0.717) is 5.13 Å². The van der Waals surface area contributed by atoms with Gasteiger partial charge in [0, 0.05) is 6.07 Å². The van der Waals surface area contributed by atoms with E-state index in [1.807, 2.05) is 25.1 Å². The SMILES string of the molecule is COc1coc(C(=O)Nc2nc3ccc(C)cc3s2)cc1=O. The molecule has 0 saturated carbocycles. The number of nitrogens with zero attached hydrogens (tertiary/aromatic N) is 1. The van der Waals surface area contributed by atoms with Crippen molar-refractivity contribution in [1.82, 2.24) is 4.98 Å². The summed E-state index contributed by atoms with van der Waals surface area (Å²) in [7, 11) is 1.36. The number of carbonyl (C=O) groups is 1. The number of thiazole rings is 1. The first-order chi connectivity index (χ1) is 10.6. The third-order valence-corrected chi connectivity index (χ3v) is 3.94. The number of ether oxygens (including phenoxy) is 1. The molecule has 0 radical (unpaired) electrons. The molecule has 1 aromatic carbocycles. The smallest absolute Gasteiger partial charge is 0.293 e. The van der Waals surface area contributed by atoms with Crippen LogP contribution in [0.5, 0.6) is 5.75 Å². The van der Waals surface area contributed by atoms with Crippen LogP contribution in [-0.2, 0) is 0 Å². The molecule has 22 heavy (non-hydrogen) atoms. The van der Waals surface area contributed by atoms with Gasteiger partial charge >= 0.3 is 0 Å². The van der Waals surface area contributed by atoms with Crippen LogP contribution in [0.4, 0.5) is 5.13 Å². The van der Waals surface area contributed by atoms with Gasteiger partial charge in [0.05, 0.1) is 17.3 Å². The quantitative estimate of drug-likeness (QED) is 0.803. The second kappa shape index (κ2) is 5.61. The number of nitrogens with one attached hydrogen (secondary N) is 1. The van der Waals surface area contributed by atoms with E-state index >= 15 is 0 Å². The van der Waals surface area contributed by atoms with Crippen LogP contribution in [0.3, 0.4) is 0 Å². The number of hydrogen-bond donors (Lipinski definition) is 1. The third kappa shape index (κ3) is 2.71. The van der Waals surface area contributed by atoms with Gasteiger partial charge in [-0.1, -0.05) is 17.4 Å². The Balaban J connectivity index is 1.86. The molecule has 0 spiro atoms. The number of amides is 1. The van der Waals surface area contributed by atoms with Gasteiger partial charge in [-0.25, -0.2) is 4.98 Å². The summed E-state index contributed by atoms with van der Waals surface area (Å²) in [5.74, 6) is -0.580. The zero-order chi connectivity index (χ0) is 15.7. The minimum atomic E-state index is -0.532. The molecule has 3 rings (SSSR count). The fraction of sp³-hybridized carbons (Fsp3) is 0.133. The highest BCUT2D eigenvalue weighted by atomic mass is 32.1. The molecule has 1 N–H and O–H groups in total. The first-order valence-electron chi connectivity index (χ1n) is 6.42.